The van der Waals surface area contributed by atoms with E-state index in [0.29, 0.717) is 38.3 Å². The smallest absolute Gasteiger partial charge is 0.0202 e. The normalized spacial score (nSPS) is 27.2. The molecule has 0 radical (unpaired) electrons. The number of likely N-dealkylation sites (tertiary alicyclic amines) is 1. The molecule has 50 heavy (non-hydrogen) atoms. The summed E-state index contributed by atoms with van der Waals surface area (Å²) in [5.74, 6) is 0. The topological polar surface area (TPSA) is 16.2 Å². The molecule has 5 nitrogen and oxygen atoms in total. The van der Waals surface area contributed by atoms with Crippen LogP contribution in [0.4, 0.5) is 0 Å². The van der Waals surface area contributed by atoms with Crippen molar-refractivity contribution in [3.63, 3.8) is 0 Å². The molecule has 294 valence electrons. The van der Waals surface area contributed by atoms with Gasteiger partial charge in [0.1, 0.15) is 0 Å². The Balaban J connectivity index is 0.000000169. The third kappa shape index (κ3) is 9.53. The summed E-state index contributed by atoms with van der Waals surface area (Å²) >= 11 is 0. The molecule has 6 aliphatic rings. The molecule has 0 amide bonds. The third-order valence-corrected chi connectivity index (χ3v) is 16.9. The molecular weight excluding hydrogens is 611 g/mol. The zero-order valence-electron chi connectivity index (χ0n) is 36.7. The molecule has 0 bridgehead atoms. The second kappa shape index (κ2) is 15.9. The van der Waals surface area contributed by atoms with Gasteiger partial charge in [-0.1, -0.05) is 82.1 Å². The second-order valence-corrected chi connectivity index (χ2v) is 22.5. The predicted molar refractivity (Wildman–Crippen MR) is 219 cm³/mol. The van der Waals surface area contributed by atoms with Gasteiger partial charge in [0.15, 0.2) is 0 Å². The minimum atomic E-state index is 0.291. The van der Waals surface area contributed by atoms with Gasteiger partial charge < -0.3 is 4.90 Å². The van der Waals surface area contributed by atoms with Crippen LogP contribution in [0.5, 0.6) is 0 Å². The minimum absolute atomic E-state index is 0.291. The fourth-order valence-electron chi connectivity index (χ4n) is 9.04. The Hall–Kier alpha value is -0.200. The van der Waals surface area contributed by atoms with Crippen LogP contribution in [0.3, 0.4) is 0 Å². The molecule has 3 aliphatic heterocycles. The fourth-order valence-corrected chi connectivity index (χ4v) is 9.04. The summed E-state index contributed by atoms with van der Waals surface area (Å²) in [6.45, 7) is 48.8. The summed E-state index contributed by atoms with van der Waals surface area (Å²) in [4.78, 5) is 13.6. The van der Waals surface area contributed by atoms with Crippen molar-refractivity contribution in [3.05, 3.63) is 0 Å². The number of hydrogen-bond donors (Lipinski definition) is 0. The van der Waals surface area contributed by atoms with E-state index in [9.17, 15) is 0 Å². The molecular formula is C45H89N5. The molecule has 0 N–H and O–H groups in total. The fraction of sp³-hybridized carbons (Fsp3) is 1.00. The maximum Gasteiger partial charge on any atom is 0.0202 e. The second-order valence-electron chi connectivity index (χ2n) is 22.5. The summed E-state index contributed by atoms with van der Waals surface area (Å²) in [7, 11) is 0. The van der Waals surface area contributed by atoms with Gasteiger partial charge in [0.2, 0.25) is 0 Å². The number of nitrogens with zero attached hydrogens (tertiary/aromatic N) is 5. The Bertz CT molecular complexity index is 1020. The maximum atomic E-state index is 2.75. The molecule has 0 aromatic heterocycles. The van der Waals surface area contributed by atoms with E-state index in [4.69, 9.17) is 0 Å². The van der Waals surface area contributed by atoms with Crippen molar-refractivity contribution >= 4 is 0 Å². The van der Waals surface area contributed by atoms with Crippen LogP contribution in [0, 0.1) is 21.7 Å². The minimum Gasteiger partial charge on any atom is -0.300 e. The molecule has 0 spiro atoms. The lowest BCUT2D eigenvalue weighted by Gasteiger charge is -2.55. The molecule has 0 aromatic carbocycles. The first-order chi connectivity index (χ1) is 22.9. The standard InChI is InChI=1S/C16H32N2.C15H30N2.C14H27N/c1-14(2,3)15(4,5)17-10-12-18(13-11-17)16(6)8-7-9-16;1-14(2,3)15(4,5)17-11-9-16(10-12-17)13-7-6-8-13;1-13(2,3)14(4)8-10-15(11-9-14)12-6-5-7-12/h7-13H2,1-6H3;13H,6-12H2,1-5H3;12H,5-11H2,1-4H3. The van der Waals surface area contributed by atoms with Crippen LogP contribution in [-0.2, 0) is 0 Å². The van der Waals surface area contributed by atoms with Crippen LogP contribution in [0.1, 0.15) is 174 Å². The van der Waals surface area contributed by atoms with Gasteiger partial charge in [0.25, 0.3) is 0 Å². The molecule has 3 heterocycles. The van der Waals surface area contributed by atoms with Gasteiger partial charge in [-0.25, -0.2) is 0 Å². The van der Waals surface area contributed by atoms with Crippen molar-refractivity contribution in [1.82, 2.24) is 24.5 Å². The molecule has 0 aromatic rings. The number of piperidine rings is 1. The third-order valence-electron chi connectivity index (χ3n) is 16.9. The SMILES string of the molecule is CC(C)(C)C(C)(C)N1CCN(C2CCC2)CC1.CC(C)(C)C1(C)CCN(C2CCC2)CC1.CC1(N2CCN(C(C)(C)C(C)(C)C)CC2)CCC1. The number of hydrogen-bond acceptors (Lipinski definition) is 5. The van der Waals surface area contributed by atoms with E-state index >= 15 is 0 Å². The van der Waals surface area contributed by atoms with Gasteiger partial charge in [-0.2, -0.15) is 0 Å². The monoisotopic (exact) mass is 700 g/mol. The van der Waals surface area contributed by atoms with Gasteiger partial charge in [0, 0.05) is 81.1 Å². The van der Waals surface area contributed by atoms with Crippen molar-refractivity contribution in [2.75, 3.05) is 65.4 Å². The van der Waals surface area contributed by atoms with Crippen molar-refractivity contribution in [2.24, 2.45) is 21.7 Å². The summed E-state index contributed by atoms with van der Waals surface area (Å²) in [6.07, 6.45) is 15.8. The Labute approximate surface area is 314 Å². The number of rotatable bonds is 5. The van der Waals surface area contributed by atoms with Crippen molar-refractivity contribution in [2.45, 2.75) is 203 Å². The average molecular weight is 700 g/mol. The predicted octanol–water partition coefficient (Wildman–Crippen LogP) is 10.0. The van der Waals surface area contributed by atoms with Crippen LogP contribution in [-0.4, -0.2) is 119 Å². The van der Waals surface area contributed by atoms with Gasteiger partial charge >= 0.3 is 0 Å². The Morgan fingerprint density at radius 2 is 0.780 bits per heavy atom. The highest BCUT2D eigenvalue weighted by Crippen LogP contribution is 2.47. The van der Waals surface area contributed by atoms with E-state index < -0.39 is 0 Å². The molecule has 3 aliphatic carbocycles. The first-order valence-corrected chi connectivity index (χ1v) is 21.6. The van der Waals surface area contributed by atoms with E-state index in [1.807, 2.05) is 0 Å². The Morgan fingerprint density at radius 1 is 0.420 bits per heavy atom. The lowest BCUT2D eigenvalue weighted by atomic mass is 9.62. The summed E-state index contributed by atoms with van der Waals surface area (Å²) in [6, 6.07) is 1.88. The highest BCUT2D eigenvalue weighted by Gasteiger charge is 2.45. The van der Waals surface area contributed by atoms with E-state index in [-0.39, 0.29) is 0 Å². The largest absolute Gasteiger partial charge is 0.300 e. The van der Waals surface area contributed by atoms with Crippen molar-refractivity contribution in [3.8, 4) is 0 Å². The molecule has 5 heteroatoms. The van der Waals surface area contributed by atoms with Crippen LogP contribution < -0.4 is 0 Å². The zero-order chi connectivity index (χ0) is 37.4. The van der Waals surface area contributed by atoms with E-state index in [1.165, 1.54) is 136 Å². The van der Waals surface area contributed by atoms with E-state index in [0.717, 1.165) is 12.1 Å². The Kier molecular flexibility index (Phi) is 13.5. The molecule has 0 atom stereocenters. The van der Waals surface area contributed by atoms with Gasteiger partial charge in [0.05, 0.1) is 0 Å². The highest BCUT2D eigenvalue weighted by atomic mass is 15.3. The molecule has 3 saturated carbocycles. The summed E-state index contributed by atoms with van der Waals surface area (Å²) < 4.78 is 0. The molecule has 0 unspecified atom stereocenters. The van der Waals surface area contributed by atoms with Crippen LogP contribution in [0.2, 0.25) is 0 Å². The number of piperazine rings is 2. The Morgan fingerprint density at radius 3 is 1.06 bits per heavy atom. The van der Waals surface area contributed by atoms with Crippen molar-refractivity contribution in [1.29, 1.82) is 0 Å². The molecule has 3 saturated heterocycles. The van der Waals surface area contributed by atoms with E-state index in [2.05, 4.69) is 128 Å². The van der Waals surface area contributed by atoms with Gasteiger partial charge in [-0.05, 0) is 127 Å². The summed E-state index contributed by atoms with van der Waals surface area (Å²) in [5.41, 5.74) is 2.86. The summed E-state index contributed by atoms with van der Waals surface area (Å²) in [5, 5.41) is 0. The van der Waals surface area contributed by atoms with Crippen molar-refractivity contribution < 1.29 is 0 Å². The van der Waals surface area contributed by atoms with Crippen LogP contribution in [0.15, 0.2) is 0 Å². The highest BCUT2D eigenvalue weighted by molar-refractivity contribution is 5.00. The quantitative estimate of drug-likeness (QED) is 0.283. The molecule has 6 fully saturated rings. The van der Waals surface area contributed by atoms with Gasteiger partial charge in [-0.15, -0.1) is 0 Å². The van der Waals surface area contributed by atoms with Crippen LogP contribution in [0.25, 0.3) is 0 Å². The lowest BCUT2D eigenvalue weighted by Crippen LogP contribution is -2.63. The zero-order valence-corrected chi connectivity index (χ0v) is 36.7. The average Bonchev–Trinajstić information content (AvgIpc) is 2.95. The van der Waals surface area contributed by atoms with Gasteiger partial charge in [-0.3, -0.25) is 19.6 Å². The molecule has 6 rings (SSSR count). The maximum absolute atomic E-state index is 2.75. The lowest BCUT2D eigenvalue weighted by molar-refractivity contribution is -0.0564. The first kappa shape index (κ1) is 42.5. The first-order valence-electron chi connectivity index (χ1n) is 21.6. The van der Waals surface area contributed by atoms with E-state index in [1.54, 1.807) is 0 Å². The van der Waals surface area contributed by atoms with Crippen LogP contribution >= 0.6 is 0 Å².